The molecule has 1 amide bonds. The van der Waals surface area contributed by atoms with Gasteiger partial charge in [0.2, 0.25) is 5.91 Å². The molecule has 1 spiro atoms. The summed E-state index contributed by atoms with van der Waals surface area (Å²) < 4.78 is 1.02. The van der Waals surface area contributed by atoms with E-state index in [1.165, 1.54) is 5.56 Å². The molecular weight excluding hydrogens is 292 g/mol. The van der Waals surface area contributed by atoms with Crippen LogP contribution in [-0.4, -0.2) is 19.0 Å². The summed E-state index contributed by atoms with van der Waals surface area (Å²) in [5.41, 5.74) is 7.67. The molecule has 1 aromatic rings. The molecular formula is C14H17BrN2O. The van der Waals surface area contributed by atoms with Crippen LogP contribution in [0.1, 0.15) is 31.2 Å². The first kappa shape index (κ1) is 12.2. The van der Waals surface area contributed by atoms with Crippen LogP contribution in [0.4, 0.5) is 5.69 Å². The Balaban J connectivity index is 2.14. The summed E-state index contributed by atoms with van der Waals surface area (Å²) in [4.78, 5) is 14.6. The molecule has 1 aliphatic carbocycles. The summed E-state index contributed by atoms with van der Waals surface area (Å²) >= 11 is 3.49. The third-order valence-corrected chi connectivity index (χ3v) is 4.72. The number of carbonyl (C=O) groups is 1. The van der Waals surface area contributed by atoms with Crippen LogP contribution in [0, 0.1) is 0 Å². The van der Waals surface area contributed by atoms with Crippen molar-refractivity contribution in [3.05, 3.63) is 28.2 Å². The number of carbonyl (C=O) groups excluding carboxylic acids is 1. The normalized spacial score (nSPS) is 20.8. The molecule has 4 heteroatoms. The van der Waals surface area contributed by atoms with Gasteiger partial charge in [-0.15, -0.1) is 0 Å². The van der Waals surface area contributed by atoms with Gasteiger partial charge in [-0.3, -0.25) is 4.79 Å². The summed E-state index contributed by atoms with van der Waals surface area (Å²) in [7, 11) is 0. The molecule has 1 aliphatic heterocycles. The predicted octanol–water partition coefficient (Wildman–Crippen LogP) is 2.57. The van der Waals surface area contributed by atoms with Gasteiger partial charge >= 0.3 is 0 Å². The second-order valence-corrected chi connectivity index (χ2v) is 6.11. The van der Waals surface area contributed by atoms with E-state index in [1.54, 1.807) is 0 Å². The second kappa shape index (κ2) is 4.35. The highest BCUT2D eigenvalue weighted by atomic mass is 79.9. The average Bonchev–Trinajstić information content (AvgIpc) is 2.92. The van der Waals surface area contributed by atoms with Crippen LogP contribution < -0.4 is 10.6 Å². The van der Waals surface area contributed by atoms with Gasteiger partial charge in [-0.25, -0.2) is 0 Å². The molecule has 3 nitrogen and oxygen atoms in total. The van der Waals surface area contributed by atoms with Crippen molar-refractivity contribution in [2.24, 2.45) is 5.73 Å². The van der Waals surface area contributed by atoms with Gasteiger partial charge in [-0.1, -0.05) is 34.8 Å². The number of anilines is 1. The molecule has 1 saturated carbocycles. The standard InChI is InChI=1S/C14H17BrN2O/c15-10-3-4-11-12(9-10)17(8-7-16)13(18)14(11)5-1-2-6-14/h3-4,9H,1-2,5-8,16H2. The van der Waals surface area contributed by atoms with Crippen LogP contribution in [0.25, 0.3) is 0 Å². The zero-order valence-electron chi connectivity index (χ0n) is 10.3. The molecule has 2 aliphatic rings. The van der Waals surface area contributed by atoms with Crippen molar-refractivity contribution in [3.63, 3.8) is 0 Å². The van der Waals surface area contributed by atoms with Gasteiger partial charge in [0.15, 0.2) is 0 Å². The molecule has 96 valence electrons. The van der Waals surface area contributed by atoms with Gasteiger partial charge < -0.3 is 10.6 Å². The van der Waals surface area contributed by atoms with E-state index in [4.69, 9.17) is 5.73 Å². The molecule has 2 N–H and O–H groups in total. The van der Waals surface area contributed by atoms with Crippen molar-refractivity contribution in [2.75, 3.05) is 18.0 Å². The van der Waals surface area contributed by atoms with Crippen LogP contribution >= 0.6 is 15.9 Å². The number of hydrogen-bond acceptors (Lipinski definition) is 2. The fourth-order valence-corrected chi connectivity index (χ4v) is 3.78. The third kappa shape index (κ3) is 1.55. The maximum atomic E-state index is 12.7. The number of hydrogen-bond donors (Lipinski definition) is 1. The van der Waals surface area contributed by atoms with E-state index < -0.39 is 0 Å². The number of nitrogens with two attached hydrogens (primary N) is 1. The first-order valence-electron chi connectivity index (χ1n) is 6.51. The van der Waals surface area contributed by atoms with Gasteiger partial charge in [-0.2, -0.15) is 0 Å². The lowest BCUT2D eigenvalue weighted by Gasteiger charge is -2.23. The maximum absolute atomic E-state index is 12.7. The topological polar surface area (TPSA) is 46.3 Å². The Kier molecular flexibility index (Phi) is 2.94. The highest BCUT2D eigenvalue weighted by Gasteiger charge is 2.51. The summed E-state index contributed by atoms with van der Waals surface area (Å²) in [6.07, 6.45) is 4.28. The molecule has 0 bridgehead atoms. The van der Waals surface area contributed by atoms with Crippen LogP contribution in [0.15, 0.2) is 22.7 Å². The van der Waals surface area contributed by atoms with Gasteiger partial charge in [-0.05, 0) is 30.5 Å². The van der Waals surface area contributed by atoms with Crippen molar-refractivity contribution < 1.29 is 4.79 Å². The van der Waals surface area contributed by atoms with Crippen LogP contribution in [0.3, 0.4) is 0 Å². The van der Waals surface area contributed by atoms with Crippen LogP contribution in [0.2, 0.25) is 0 Å². The molecule has 1 heterocycles. The summed E-state index contributed by atoms with van der Waals surface area (Å²) in [5, 5.41) is 0. The lowest BCUT2D eigenvalue weighted by molar-refractivity contribution is -0.123. The van der Waals surface area contributed by atoms with Crippen LogP contribution in [0.5, 0.6) is 0 Å². The van der Waals surface area contributed by atoms with Crippen molar-refractivity contribution >= 4 is 27.5 Å². The van der Waals surface area contributed by atoms with E-state index in [2.05, 4.69) is 28.1 Å². The molecule has 0 saturated heterocycles. The lowest BCUT2D eigenvalue weighted by Crippen LogP contribution is -2.40. The highest BCUT2D eigenvalue weighted by molar-refractivity contribution is 9.10. The Bertz CT molecular complexity index is 495. The molecule has 1 aromatic carbocycles. The number of nitrogens with zero attached hydrogens (tertiary/aromatic N) is 1. The van der Waals surface area contributed by atoms with E-state index >= 15 is 0 Å². The molecule has 0 aromatic heterocycles. The quantitative estimate of drug-likeness (QED) is 0.912. The minimum absolute atomic E-state index is 0.245. The zero-order valence-corrected chi connectivity index (χ0v) is 11.9. The van der Waals surface area contributed by atoms with Gasteiger partial charge in [0, 0.05) is 23.2 Å². The van der Waals surface area contributed by atoms with E-state index in [9.17, 15) is 4.79 Å². The first-order valence-corrected chi connectivity index (χ1v) is 7.30. The van der Waals surface area contributed by atoms with Gasteiger partial charge in [0.05, 0.1) is 5.41 Å². The Morgan fingerprint density at radius 1 is 1.33 bits per heavy atom. The molecule has 3 rings (SSSR count). The smallest absolute Gasteiger partial charge is 0.237 e. The van der Waals surface area contributed by atoms with Crippen molar-refractivity contribution in [1.29, 1.82) is 0 Å². The van der Waals surface area contributed by atoms with Gasteiger partial charge in [0.1, 0.15) is 0 Å². The van der Waals surface area contributed by atoms with Crippen LogP contribution in [-0.2, 0) is 10.2 Å². The number of fused-ring (bicyclic) bond motifs is 2. The Morgan fingerprint density at radius 2 is 2.06 bits per heavy atom. The Morgan fingerprint density at radius 3 is 2.72 bits per heavy atom. The summed E-state index contributed by atoms with van der Waals surface area (Å²) in [5.74, 6) is 0.263. The highest BCUT2D eigenvalue weighted by Crippen LogP contribution is 2.51. The van der Waals surface area contributed by atoms with E-state index in [1.807, 2.05) is 11.0 Å². The summed E-state index contributed by atoms with van der Waals surface area (Å²) in [6.45, 7) is 1.12. The minimum Gasteiger partial charge on any atom is -0.329 e. The number of halogens is 1. The van der Waals surface area contributed by atoms with E-state index in [-0.39, 0.29) is 11.3 Å². The van der Waals surface area contributed by atoms with Crippen molar-refractivity contribution in [1.82, 2.24) is 0 Å². The maximum Gasteiger partial charge on any atom is 0.237 e. The van der Waals surface area contributed by atoms with E-state index in [0.717, 1.165) is 35.8 Å². The number of benzene rings is 1. The Labute approximate surface area is 115 Å². The van der Waals surface area contributed by atoms with Crippen molar-refractivity contribution in [2.45, 2.75) is 31.1 Å². The fourth-order valence-electron chi connectivity index (χ4n) is 3.43. The largest absolute Gasteiger partial charge is 0.329 e. The molecule has 0 unspecified atom stereocenters. The first-order chi connectivity index (χ1) is 8.69. The SMILES string of the molecule is NCCN1C(=O)C2(CCCC2)c2ccc(Br)cc21. The molecule has 1 fully saturated rings. The minimum atomic E-state index is -0.245. The fraction of sp³-hybridized carbons (Fsp3) is 0.500. The monoisotopic (exact) mass is 308 g/mol. The second-order valence-electron chi connectivity index (χ2n) is 5.20. The van der Waals surface area contributed by atoms with Gasteiger partial charge in [0.25, 0.3) is 0 Å². The van der Waals surface area contributed by atoms with E-state index in [0.29, 0.717) is 13.1 Å². The average molecular weight is 309 g/mol. The lowest BCUT2D eigenvalue weighted by atomic mass is 9.80. The number of rotatable bonds is 2. The third-order valence-electron chi connectivity index (χ3n) is 4.23. The summed E-state index contributed by atoms with van der Waals surface area (Å²) in [6, 6.07) is 6.20. The number of amides is 1. The predicted molar refractivity (Wildman–Crippen MR) is 75.7 cm³/mol. The molecule has 0 radical (unpaired) electrons. The van der Waals surface area contributed by atoms with Crippen molar-refractivity contribution in [3.8, 4) is 0 Å². The Hall–Kier alpha value is -0.870. The molecule has 0 atom stereocenters. The zero-order chi connectivity index (χ0) is 12.8. The molecule has 18 heavy (non-hydrogen) atoms.